The Morgan fingerprint density at radius 1 is 1.11 bits per heavy atom. The molecule has 2 aromatic rings. The lowest BCUT2D eigenvalue weighted by molar-refractivity contribution is -0.248. The van der Waals surface area contributed by atoms with Gasteiger partial charge >= 0.3 is 6.09 Å². The highest BCUT2D eigenvalue weighted by atomic mass is 17.3. The Bertz CT molecular complexity index is 1010. The van der Waals surface area contributed by atoms with Gasteiger partial charge in [-0.25, -0.2) is 25.1 Å². The van der Waals surface area contributed by atoms with Gasteiger partial charge in [0.05, 0.1) is 38.7 Å². The fourth-order valence-corrected chi connectivity index (χ4v) is 4.15. The molecule has 2 aliphatic heterocycles. The first-order valence-electron chi connectivity index (χ1n) is 11.5. The molecule has 1 aromatic heterocycles. The molecule has 188 valence electrons. The quantitative estimate of drug-likeness (QED) is 0.291. The zero-order valence-corrected chi connectivity index (χ0v) is 20.0. The van der Waals surface area contributed by atoms with Crippen molar-refractivity contribution in [3.63, 3.8) is 0 Å². The van der Waals surface area contributed by atoms with Crippen molar-refractivity contribution in [3.8, 4) is 11.4 Å². The molecule has 3 heterocycles. The molecule has 4 rings (SSSR count). The summed E-state index contributed by atoms with van der Waals surface area (Å²) in [6.45, 7) is 3.76. The van der Waals surface area contributed by atoms with Crippen molar-refractivity contribution in [3.05, 3.63) is 29.8 Å². The van der Waals surface area contributed by atoms with Crippen LogP contribution in [-0.2, 0) is 19.3 Å². The summed E-state index contributed by atoms with van der Waals surface area (Å²) < 4.78 is 10.4. The SMILES string of the molecule is COONc1ccc(-c2nc(NC3CCN(C(=O)OC)CC3)c(C=N)c(N3CCOCC3)n2)cc1. The molecule has 12 heteroatoms. The predicted molar refractivity (Wildman–Crippen MR) is 131 cm³/mol. The third-order valence-corrected chi connectivity index (χ3v) is 6.04. The van der Waals surface area contributed by atoms with Gasteiger partial charge in [0.1, 0.15) is 11.6 Å². The number of aromatic nitrogens is 2. The van der Waals surface area contributed by atoms with Gasteiger partial charge in [0.25, 0.3) is 0 Å². The third-order valence-electron chi connectivity index (χ3n) is 6.04. The number of likely N-dealkylation sites (tertiary alicyclic amines) is 1. The molecule has 2 aliphatic rings. The maximum atomic E-state index is 11.8. The Morgan fingerprint density at radius 2 is 1.83 bits per heavy atom. The van der Waals surface area contributed by atoms with Crippen LogP contribution in [-0.4, -0.2) is 86.8 Å². The van der Waals surface area contributed by atoms with Gasteiger partial charge in [-0.3, -0.25) is 0 Å². The average Bonchev–Trinajstić information content (AvgIpc) is 2.92. The van der Waals surface area contributed by atoms with E-state index in [0.717, 1.165) is 24.1 Å². The summed E-state index contributed by atoms with van der Waals surface area (Å²) in [7, 11) is 2.81. The summed E-state index contributed by atoms with van der Waals surface area (Å²) >= 11 is 0. The number of hydrogen-bond donors (Lipinski definition) is 3. The van der Waals surface area contributed by atoms with Crippen molar-refractivity contribution in [2.45, 2.75) is 18.9 Å². The number of morpholine rings is 1. The number of nitrogens with zero attached hydrogens (tertiary/aromatic N) is 4. The van der Waals surface area contributed by atoms with E-state index in [2.05, 4.69) is 20.6 Å². The van der Waals surface area contributed by atoms with Crippen LogP contribution in [0.5, 0.6) is 0 Å². The lowest BCUT2D eigenvalue weighted by Crippen LogP contribution is -2.42. The second kappa shape index (κ2) is 11.8. The first-order chi connectivity index (χ1) is 17.1. The maximum Gasteiger partial charge on any atom is 0.409 e. The van der Waals surface area contributed by atoms with Gasteiger partial charge in [-0.15, -0.1) is 4.99 Å². The van der Waals surface area contributed by atoms with E-state index < -0.39 is 0 Å². The highest BCUT2D eigenvalue weighted by molar-refractivity contribution is 5.92. The first-order valence-corrected chi connectivity index (χ1v) is 11.5. The summed E-state index contributed by atoms with van der Waals surface area (Å²) in [4.78, 5) is 34.7. The molecule has 0 radical (unpaired) electrons. The van der Waals surface area contributed by atoms with E-state index in [1.807, 2.05) is 24.3 Å². The van der Waals surface area contributed by atoms with Crippen molar-refractivity contribution >= 4 is 29.6 Å². The van der Waals surface area contributed by atoms with Crippen LogP contribution in [0, 0.1) is 5.41 Å². The number of benzene rings is 1. The lowest BCUT2D eigenvalue weighted by Gasteiger charge is -2.33. The Hall–Kier alpha value is -3.48. The maximum absolute atomic E-state index is 11.8. The van der Waals surface area contributed by atoms with E-state index in [-0.39, 0.29) is 12.1 Å². The highest BCUT2D eigenvalue weighted by Gasteiger charge is 2.26. The number of carbonyl (C=O) groups excluding carboxylic acids is 1. The fourth-order valence-electron chi connectivity index (χ4n) is 4.15. The molecule has 3 N–H and O–H groups in total. The van der Waals surface area contributed by atoms with Crippen LogP contribution in [0.25, 0.3) is 11.4 Å². The van der Waals surface area contributed by atoms with Gasteiger partial charge in [-0.2, -0.15) is 0 Å². The standard InChI is InChI=1S/C23H31N7O5/c1-32-23(31)30-9-7-17(8-10-30)25-21-19(15-24)22(29-11-13-34-14-12-29)27-20(26-21)16-3-5-18(6-4-16)28-35-33-2/h3-6,15,17,24,28H,7-14H2,1-2H3,(H,25,26,27). The van der Waals surface area contributed by atoms with Crippen molar-refractivity contribution < 1.29 is 24.1 Å². The van der Waals surface area contributed by atoms with Crippen LogP contribution in [0.1, 0.15) is 18.4 Å². The van der Waals surface area contributed by atoms with E-state index in [4.69, 9.17) is 29.8 Å². The summed E-state index contributed by atoms with van der Waals surface area (Å²) in [6.07, 6.45) is 2.49. The number of ether oxygens (including phenoxy) is 2. The van der Waals surface area contributed by atoms with Crippen LogP contribution < -0.4 is 15.7 Å². The topological polar surface area (TPSA) is 134 Å². The van der Waals surface area contributed by atoms with E-state index >= 15 is 0 Å². The smallest absolute Gasteiger partial charge is 0.409 e. The van der Waals surface area contributed by atoms with Crippen LogP contribution in [0.2, 0.25) is 0 Å². The molecule has 0 saturated carbocycles. The summed E-state index contributed by atoms with van der Waals surface area (Å²) in [6, 6.07) is 7.57. The highest BCUT2D eigenvalue weighted by Crippen LogP contribution is 2.30. The Balaban J connectivity index is 1.62. The molecule has 2 saturated heterocycles. The average molecular weight is 486 g/mol. The second-order valence-electron chi connectivity index (χ2n) is 8.18. The minimum atomic E-state index is -0.309. The van der Waals surface area contributed by atoms with Gasteiger partial charge in [-0.1, -0.05) is 0 Å². The number of carbonyl (C=O) groups is 1. The van der Waals surface area contributed by atoms with E-state index in [1.54, 1.807) is 4.90 Å². The van der Waals surface area contributed by atoms with Crippen LogP contribution in [0.4, 0.5) is 22.1 Å². The zero-order chi connectivity index (χ0) is 24.6. The fraction of sp³-hybridized carbons (Fsp3) is 0.478. The van der Waals surface area contributed by atoms with Crippen LogP contribution in [0.3, 0.4) is 0 Å². The number of amides is 1. The van der Waals surface area contributed by atoms with Crippen molar-refractivity contribution in [1.29, 1.82) is 5.41 Å². The normalized spacial score (nSPS) is 16.6. The molecule has 0 atom stereocenters. The van der Waals surface area contributed by atoms with Crippen LogP contribution >= 0.6 is 0 Å². The molecule has 2 fully saturated rings. The molecule has 35 heavy (non-hydrogen) atoms. The lowest BCUT2D eigenvalue weighted by atomic mass is 10.0. The molecular weight excluding hydrogens is 454 g/mol. The molecule has 0 spiro atoms. The van der Waals surface area contributed by atoms with Crippen molar-refractivity contribution in [1.82, 2.24) is 14.9 Å². The van der Waals surface area contributed by atoms with Gasteiger partial charge in [0.15, 0.2) is 5.82 Å². The summed E-state index contributed by atoms with van der Waals surface area (Å²) in [5.41, 5.74) is 4.85. The summed E-state index contributed by atoms with van der Waals surface area (Å²) in [5, 5.41) is 11.7. The molecule has 1 amide bonds. The molecule has 1 aromatic carbocycles. The number of nitrogens with one attached hydrogen (secondary N) is 3. The number of anilines is 3. The largest absolute Gasteiger partial charge is 0.453 e. The predicted octanol–water partition coefficient (Wildman–Crippen LogP) is 2.53. The molecule has 0 aliphatic carbocycles. The van der Waals surface area contributed by atoms with Gasteiger partial charge < -0.3 is 30.0 Å². The number of hydrogen-bond acceptors (Lipinski definition) is 11. The minimum Gasteiger partial charge on any atom is -0.453 e. The van der Waals surface area contributed by atoms with Gasteiger partial charge in [-0.05, 0) is 37.1 Å². The number of methoxy groups -OCH3 is 1. The Labute approximate surface area is 203 Å². The van der Waals surface area contributed by atoms with Gasteiger partial charge in [0, 0.05) is 44.0 Å². The van der Waals surface area contributed by atoms with Crippen molar-refractivity contribution in [2.24, 2.45) is 0 Å². The monoisotopic (exact) mass is 485 g/mol. The number of piperidine rings is 1. The Morgan fingerprint density at radius 3 is 2.46 bits per heavy atom. The molecule has 0 bridgehead atoms. The van der Waals surface area contributed by atoms with Gasteiger partial charge in [0.2, 0.25) is 0 Å². The van der Waals surface area contributed by atoms with E-state index in [1.165, 1.54) is 20.4 Å². The van der Waals surface area contributed by atoms with E-state index in [9.17, 15) is 4.79 Å². The third kappa shape index (κ3) is 5.96. The first kappa shape index (κ1) is 24.6. The molecule has 0 unspecified atom stereocenters. The Kier molecular flexibility index (Phi) is 8.29. The second-order valence-corrected chi connectivity index (χ2v) is 8.18. The van der Waals surface area contributed by atoms with E-state index in [0.29, 0.717) is 62.4 Å². The number of rotatable bonds is 8. The zero-order valence-electron chi connectivity index (χ0n) is 20.0. The minimum absolute atomic E-state index is 0.104. The molecular formula is C23H31N7O5. The van der Waals surface area contributed by atoms with Crippen LogP contribution in [0.15, 0.2) is 24.3 Å². The summed E-state index contributed by atoms with van der Waals surface area (Å²) in [5.74, 6) is 1.85. The molecule has 12 nitrogen and oxygen atoms in total. The van der Waals surface area contributed by atoms with Crippen molar-refractivity contribution in [2.75, 3.05) is 69.3 Å².